The number of aryl methyl sites for hydroxylation is 2. The van der Waals surface area contributed by atoms with Crippen molar-refractivity contribution in [2.24, 2.45) is 0 Å². The van der Waals surface area contributed by atoms with Crippen molar-refractivity contribution in [2.45, 2.75) is 35.8 Å². The topological polar surface area (TPSA) is 166 Å². The van der Waals surface area contributed by atoms with Crippen molar-refractivity contribution < 1.29 is 23.4 Å². The Morgan fingerprint density at radius 2 is 1.75 bits per heavy atom. The van der Waals surface area contributed by atoms with E-state index in [0.717, 1.165) is 4.88 Å². The van der Waals surface area contributed by atoms with Crippen LogP contribution in [0.5, 0.6) is 0 Å². The number of anilines is 2. The van der Waals surface area contributed by atoms with Crippen LogP contribution in [0.2, 0.25) is 0 Å². The number of carbonyl (C=O) groups excluding carboxylic acids is 1. The van der Waals surface area contributed by atoms with Crippen LogP contribution < -0.4 is 16.0 Å². The lowest BCUT2D eigenvalue weighted by atomic mass is 10.1. The van der Waals surface area contributed by atoms with E-state index in [9.17, 15) is 18.3 Å². The molecular weight excluding hydrogens is 504 g/mol. The van der Waals surface area contributed by atoms with Crippen molar-refractivity contribution in [3.05, 3.63) is 46.6 Å². The molecule has 0 radical (unpaired) electrons. The summed E-state index contributed by atoms with van der Waals surface area (Å²) in [5.74, 6) is 0.722. The summed E-state index contributed by atoms with van der Waals surface area (Å²) < 4.78 is 26.2. The number of sulfone groups is 1. The second-order valence-corrected chi connectivity index (χ2v) is 12.1. The molecule has 2 amide bonds. The van der Waals surface area contributed by atoms with Crippen LogP contribution in [0.15, 0.2) is 34.7 Å². The number of hydrogen-bond donors (Lipinski definition) is 5. The number of nitrogens with zero attached hydrogens (tertiary/aromatic N) is 3. The number of amides is 2. The molecular formula is C23H28N6O5S2. The van der Waals surface area contributed by atoms with Gasteiger partial charge < -0.3 is 26.2 Å². The van der Waals surface area contributed by atoms with Gasteiger partial charge in [0.2, 0.25) is 14.2 Å². The van der Waals surface area contributed by atoms with E-state index in [1.54, 1.807) is 37.3 Å². The Labute approximate surface area is 213 Å². The van der Waals surface area contributed by atoms with Crippen molar-refractivity contribution >= 4 is 38.7 Å². The highest BCUT2D eigenvalue weighted by Crippen LogP contribution is 2.55. The van der Waals surface area contributed by atoms with Gasteiger partial charge in [0.25, 0.3) is 0 Å². The molecule has 5 N–H and O–H groups in total. The summed E-state index contributed by atoms with van der Waals surface area (Å²) >= 11 is 1.17. The van der Waals surface area contributed by atoms with Gasteiger partial charge in [0, 0.05) is 35.3 Å². The van der Waals surface area contributed by atoms with Gasteiger partial charge in [-0.05, 0) is 51.0 Å². The molecule has 0 atom stereocenters. The Bertz CT molecular complexity index is 1330. The molecule has 1 aliphatic carbocycles. The zero-order chi connectivity index (χ0) is 25.9. The van der Waals surface area contributed by atoms with Crippen LogP contribution in [0.25, 0.3) is 11.4 Å². The van der Waals surface area contributed by atoms with Crippen LogP contribution in [0, 0.1) is 13.8 Å². The molecule has 1 fully saturated rings. The summed E-state index contributed by atoms with van der Waals surface area (Å²) in [4.78, 5) is 26.2. The standard InChI is InChI=1S/C23H28N6O5S2/c1-14-15(2)35-22(26-14)36(33,34)23(7-8-23)18-13-19(24-9-11-30)29-20(28-18)16-3-5-17(6-4-16)27-21(32)25-10-12-31/h3-6,13,30-31H,7-12H2,1-2H3,(H,24,28,29)(H2,25,27,32). The fraction of sp³-hybridized carbons (Fsp3) is 0.391. The molecule has 36 heavy (non-hydrogen) atoms. The van der Waals surface area contributed by atoms with Crippen LogP contribution in [-0.2, 0) is 14.6 Å². The molecule has 1 aromatic carbocycles. The number of rotatable bonds is 10. The fourth-order valence-corrected chi connectivity index (χ4v) is 7.17. The maximum absolute atomic E-state index is 13.6. The second kappa shape index (κ2) is 10.5. The third kappa shape index (κ3) is 5.19. The minimum Gasteiger partial charge on any atom is -0.395 e. The van der Waals surface area contributed by atoms with Gasteiger partial charge >= 0.3 is 6.03 Å². The Kier molecular flexibility index (Phi) is 7.54. The molecule has 11 nitrogen and oxygen atoms in total. The van der Waals surface area contributed by atoms with Crippen molar-refractivity contribution in [2.75, 3.05) is 36.9 Å². The normalized spacial score (nSPS) is 14.3. The minimum atomic E-state index is -3.78. The molecule has 0 unspecified atom stereocenters. The molecule has 4 rings (SSSR count). The first-order chi connectivity index (χ1) is 17.2. The number of nitrogens with one attached hydrogen (secondary N) is 3. The maximum atomic E-state index is 13.6. The molecule has 13 heteroatoms. The van der Waals surface area contributed by atoms with Crippen LogP contribution in [0.3, 0.4) is 0 Å². The largest absolute Gasteiger partial charge is 0.395 e. The van der Waals surface area contributed by atoms with E-state index >= 15 is 0 Å². The third-order valence-corrected chi connectivity index (χ3v) is 9.84. The van der Waals surface area contributed by atoms with E-state index < -0.39 is 20.6 Å². The quantitative estimate of drug-likeness (QED) is 0.263. The van der Waals surface area contributed by atoms with Crippen molar-refractivity contribution in [3.8, 4) is 11.4 Å². The molecule has 0 bridgehead atoms. The molecule has 1 saturated carbocycles. The second-order valence-electron chi connectivity index (χ2n) is 8.41. The Morgan fingerprint density at radius 3 is 2.33 bits per heavy atom. The zero-order valence-corrected chi connectivity index (χ0v) is 21.5. The molecule has 192 valence electrons. The Hall–Kier alpha value is -3.13. The van der Waals surface area contributed by atoms with E-state index in [1.165, 1.54) is 11.3 Å². The first-order valence-corrected chi connectivity index (χ1v) is 13.7. The van der Waals surface area contributed by atoms with E-state index in [4.69, 9.17) is 5.11 Å². The Morgan fingerprint density at radius 1 is 1.06 bits per heavy atom. The smallest absolute Gasteiger partial charge is 0.319 e. The number of hydrogen-bond acceptors (Lipinski definition) is 10. The lowest BCUT2D eigenvalue weighted by Crippen LogP contribution is -2.30. The predicted octanol–water partition coefficient (Wildman–Crippen LogP) is 2.20. The lowest BCUT2D eigenvalue weighted by Gasteiger charge is -2.17. The SMILES string of the molecule is Cc1nc(S(=O)(=O)C2(c3cc(NCCO)nc(-c4ccc(NC(=O)NCCO)cc4)n3)CC2)sc1C. The van der Waals surface area contributed by atoms with Crippen LogP contribution >= 0.6 is 11.3 Å². The highest BCUT2D eigenvalue weighted by Gasteiger charge is 2.59. The fourth-order valence-electron chi connectivity index (χ4n) is 3.63. The molecule has 1 aliphatic rings. The summed E-state index contributed by atoms with van der Waals surface area (Å²) in [5, 5.41) is 26.2. The first-order valence-electron chi connectivity index (χ1n) is 11.4. The number of aliphatic hydroxyl groups excluding tert-OH is 2. The number of benzene rings is 1. The number of carbonyl (C=O) groups is 1. The van der Waals surface area contributed by atoms with Crippen LogP contribution in [0.1, 0.15) is 29.1 Å². The monoisotopic (exact) mass is 532 g/mol. The number of aromatic nitrogens is 3. The van der Waals surface area contributed by atoms with Gasteiger partial charge in [-0.1, -0.05) is 0 Å². The van der Waals surface area contributed by atoms with Crippen molar-refractivity contribution in [1.29, 1.82) is 0 Å². The van der Waals surface area contributed by atoms with Gasteiger partial charge in [0.15, 0.2) is 5.82 Å². The van der Waals surface area contributed by atoms with Crippen LogP contribution in [-0.4, -0.2) is 65.9 Å². The maximum Gasteiger partial charge on any atom is 0.319 e. The molecule has 0 saturated heterocycles. The van der Waals surface area contributed by atoms with Gasteiger partial charge in [-0.3, -0.25) is 0 Å². The summed E-state index contributed by atoms with van der Waals surface area (Å²) in [5.41, 5.74) is 2.23. The summed E-state index contributed by atoms with van der Waals surface area (Å²) in [6.45, 7) is 3.74. The summed E-state index contributed by atoms with van der Waals surface area (Å²) in [6, 6.07) is 7.97. The summed E-state index contributed by atoms with van der Waals surface area (Å²) in [7, 11) is -3.78. The molecule has 0 aliphatic heterocycles. The lowest BCUT2D eigenvalue weighted by molar-refractivity contribution is 0.245. The third-order valence-electron chi connectivity index (χ3n) is 5.87. The van der Waals surface area contributed by atoms with E-state index in [2.05, 4.69) is 30.9 Å². The molecule has 2 heterocycles. The van der Waals surface area contributed by atoms with E-state index in [1.807, 2.05) is 6.92 Å². The number of urea groups is 1. The Balaban J connectivity index is 1.68. The molecule has 0 spiro atoms. The van der Waals surface area contributed by atoms with Crippen LogP contribution in [0.4, 0.5) is 16.3 Å². The molecule has 3 aromatic rings. The highest BCUT2D eigenvalue weighted by molar-refractivity contribution is 7.94. The summed E-state index contributed by atoms with van der Waals surface area (Å²) in [6.07, 6.45) is 0.851. The number of thiazole rings is 1. The average Bonchev–Trinajstić information content (AvgIpc) is 3.62. The van der Waals surface area contributed by atoms with E-state index in [-0.39, 0.29) is 30.6 Å². The number of aliphatic hydroxyl groups is 2. The van der Waals surface area contributed by atoms with Crippen molar-refractivity contribution in [3.63, 3.8) is 0 Å². The first kappa shape index (κ1) is 25.9. The highest BCUT2D eigenvalue weighted by atomic mass is 32.2. The van der Waals surface area contributed by atoms with Crippen molar-refractivity contribution in [1.82, 2.24) is 20.3 Å². The van der Waals surface area contributed by atoms with Gasteiger partial charge in [0.05, 0.1) is 24.6 Å². The predicted molar refractivity (Wildman–Crippen MR) is 137 cm³/mol. The minimum absolute atomic E-state index is 0.0925. The van der Waals surface area contributed by atoms with Gasteiger partial charge in [-0.25, -0.2) is 28.2 Å². The molecule has 2 aromatic heterocycles. The van der Waals surface area contributed by atoms with Gasteiger partial charge in [-0.2, -0.15) is 0 Å². The van der Waals surface area contributed by atoms with Gasteiger partial charge in [-0.15, -0.1) is 11.3 Å². The average molecular weight is 533 g/mol. The van der Waals surface area contributed by atoms with E-state index in [0.29, 0.717) is 47.1 Å². The van der Waals surface area contributed by atoms with Gasteiger partial charge in [0.1, 0.15) is 10.6 Å². The zero-order valence-electron chi connectivity index (χ0n) is 19.9.